The van der Waals surface area contributed by atoms with Gasteiger partial charge in [0.15, 0.2) is 0 Å². The molecule has 0 amide bonds. The van der Waals surface area contributed by atoms with Crippen LogP contribution in [0.25, 0.3) is 0 Å². The summed E-state index contributed by atoms with van der Waals surface area (Å²) in [6, 6.07) is 0.848. The molecule has 2 aliphatic carbocycles. The van der Waals surface area contributed by atoms with E-state index in [1.54, 1.807) is 0 Å². The third-order valence-electron chi connectivity index (χ3n) is 5.06. The van der Waals surface area contributed by atoms with E-state index in [1.165, 1.54) is 64.7 Å². The summed E-state index contributed by atoms with van der Waals surface area (Å²) < 4.78 is 0. The predicted molar refractivity (Wildman–Crippen MR) is 78.9 cm³/mol. The molecule has 2 fully saturated rings. The van der Waals surface area contributed by atoms with Crippen molar-refractivity contribution in [1.29, 1.82) is 0 Å². The molecule has 1 N–H and O–H groups in total. The summed E-state index contributed by atoms with van der Waals surface area (Å²) in [6.07, 6.45) is 8.38. The van der Waals surface area contributed by atoms with Crippen LogP contribution in [-0.2, 0) is 0 Å². The van der Waals surface area contributed by atoms with Crippen molar-refractivity contribution in [2.75, 3.05) is 26.2 Å². The molecule has 0 aromatic rings. The van der Waals surface area contributed by atoms with Gasteiger partial charge in [0.25, 0.3) is 0 Å². The maximum atomic E-state index is 3.77. The van der Waals surface area contributed by atoms with Crippen LogP contribution in [0.4, 0.5) is 0 Å². The molecule has 2 heteroatoms. The minimum atomic E-state index is 0.507. The van der Waals surface area contributed by atoms with Gasteiger partial charge in [-0.1, -0.05) is 20.8 Å². The summed E-state index contributed by atoms with van der Waals surface area (Å²) in [5, 5.41) is 3.77. The van der Waals surface area contributed by atoms with E-state index in [0.29, 0.717) is 5.41 Å². The number of nitrogens with one attached hydrogen (secondary N) is 1. The zero-order chi connectivity index (χ0) is 13.0. The van der Waals surface area contributed by atoms with Crippen LogP contribution < -0.4 is 5.32 Å². The van der Waals surface area contributed by atoms with E-state index in [2.05, 4.69) is 31.0 Å². The van der Waals surface area contributed by atoms with Crippen LogP contribution in [0.15, 0.2) is 0 Å². The standard InChI is InChI=1S/C16H32N2/c1-4-16(5-2,12-17-15-9-10-15)13-18(6-3)11-14-7-8-14/h14-15,17H,4-13H2,1-3H3. The SMILES string of the molecule is CCN(CC1CC1)CC(CC)(CC)CNC1CC1. The van der Waals surface area contributed by atoms with E-state index in [-0.39, 0.29) is 0 Å². The third-order valence-corrected chi connectivity index (χ3v) is 5.06. The number of nitrogens with zero attached hydrogens (tertiary/aromatic N) is 1. The monoisotopic (exact) mass is 252 g/mol. The molecular formula is C16H32N2. The van der Waals surface area contributed by atoms with Gasteiger partial charge in [0.2, 0.25) is 0 Å². The molecule has 0 spiro atoms. The highest BCUT2D eigenvalue weighted by molar-refractivity contribution is 4.89. The highest BCUT2D eigenvalue weighted by Crippen LogP contribution is 2.33. The molecule has 0 aromatic carbocycles. The lowest BCUT2D eigenvalue weighted by atomic mass is 9.81. The van der Waals surface area contributed by atoms with Gasteiger partial charge in [0.1, 0.15) is 0 Å². The maximum Gasteiger partial charge on any atom is 0.00684 e. The average Bonchev–Trinajstić information content (AvgIpc) is 3.27. The largest absolute Gasteiger partial charge is 0.313 e. The van der Waals surface area contributed by atoms with Gasteiger partial charge >= 0.3 is 0 Å². The Kier molecular flexibility index (Phi) is 5.08. The first-order chi connectivity index (χ1) is 8.71. The van der Waals surface area contributed by atoms with Crippen LogP contribution in [0.2, 0.25) is 0 Å². The lowest BCUT2D eigenvalue weighted by Crippen LogP contribution is -2.44. The molecular weight excluding hydrogens is 220 g/mol. The Bertz CT molecular complexity index is 239. The second-order valence-electron chi connectivity index (χ2n) is 6.63. The summed E-state index contributed by atoms with van der Waals surface area (Å²) in [6.45, 7) is 12.2. The highest BCUT2D eigenvalue weighted by atomic mass is 15.1. The molecule has 0 aliphatic heterocycles. The van der Waals surface area contributed by atoms with Crippen molar-refractivity contribution in [2.45, 2.75) is 65.3 Å². The smallest absolute Gasteiger partial charge is 0.00684 e. The van der Waals surface area contributed by atoms with Gasteiger partial charge in [-0.15, -0.1) is 0 Å². The van der Waals surface area contributed by atoms with Crippen LogP contribution in [0.5, 0.6) is 0 Å². The molecule has 0 atom stereocenters. The average molecular weight is 252 g/mol. The molecule has 2 nitrogen and oxygen atoms in total. The number of rotatable bonds is 10. The second-order valence-corrected chi connectivity index (χ2v) is 6.63. The van der Waals surface area contributed by atoms with Crippen LogP contribution in [0.1, 0.15) is 59.3 Å². The topological polar surface area (TPSA) is 15.3 Å². The quantitative estimate of drug-likeness (QED) is 0.642. The van der Waals surface area contributed by atoms with Crippen molar-refractivity contribution < 1.29 is 0 Å². The molecule has 0 radical (unpaired) electrons. The number of hydrogen-bond acceptors (Lipinski definition) is 2. The van der Waals surface area contributed by atoms with E-state index in [1.807, 2.05) is 0 Å². The lowest BCUT2D eigenvalue weighted by Gasteiger charge is -2.37. The molecule has 2 aliphatic rings. The minimum Gasteiger partial charge on any atom is -0.313 e. The van der Waals surface area contributed by atoms with E-state index < -0.39 is 0 Å². The Morgan fingerprint density at radius 3 is 2.17 bits per heavy atom. The van der Waals surface area contributed by atoms with Gasteiger partial charge in [-0.2, -0.15) is 0 Å². The third kappa shape index (κ3) is 4.24. The fourth-order valence-corrected chi connectivity index (χ4v) is 2.87. The van der Waals surface area contributed by atoms with Gasteiger partial charge in [-0.25, -0.2) is 0 Å². The molecule has 0 heterocycles. The second kappa shape index (κ2) is 6.38. The molecule has 0 saturated heterocycles. The zero-order valence-electron chi connectivity index (χ0n) is 12.7. The summed E-state index contributed by atoms with van der Waals surface area (Å²) in [5.74, 6) is 1.02. The Labute approximate surface area is 114 Å². The van der Waals surface area contributed by atoms with Crippen LogP contribution in [-0.4, -0.2) is 37.1 Å². The van der Waals surface area contributed by atoms with E-state index in [0.717, 1.165) is 12.0 Å². The normalized spacial score (nSPS) is 20.7. The van der Waals surface area contributed by atoms with E-state index in [4.69, 9.17) is 0 Å². The van der Waals surface area contributed by atoms with Crippen molar-refractivity contribution in [3.8, 4) is 0 Å². The van der Waals surface area contributed by atoms with Crippen molar-refractivity contribution in [3.63, 3.8) is 0 Å². The first-order valence-corrected chi connectivity index (χ1v) is 8.17. The van der Waals surface area contributed by atoms with E-state index in [9.17, 15) is 0 Å². The summed E-state index contributed by atoms with van der Waals surface area (Å²) in [4.78, 5) is 2.71. The van der Waals surface area contributed by atoms with Gasteiger partial charge in [0, 0.05) is 25.7 Å². The Hall–Kier alpha value is -0.0800. The van der Waals surface area contributed by atoms with Crippen LogP contribution in [0, 0.1) is 11.3 Å². The summed E-state index contributed by atoms with van der Waals surface area (Å²) in [5.41, 5.74) is 0.507. The van der Waals surface area contributed by atoms with Gasteiger partial charge in [-0.05, 0) is 56.4 Å². The van der Waals surface area contributed by atoms with Gasteiger partial charge in [-0.3, -0.25) is 0 Å². The Morgan fingerprint density at radius 1 is 1.06 bits per heavy atom. The molecule has 0 unspecified atom stereocenters. The van der Waals surface area contributed by atoms with Crippen LogP contribution >= 0.6 is 0 Å². The van der Waals surface area contributed by atoms with Gasteiger partial charge in [0.05, 0.1) is 0 Å². The summed E-state index contributed by atoms with van der Waals surface area (Å²) in [7, 11) is 0. The Morgan fingerprint density at radius 2 is 1.72 bits per heavy atom. The summed E-state index contributed by atoms with van der Waals surface area (Å²) >= 11 is 0. The molecule has 2 rings (SSSR count). The molecule has 106 valence electrons. The van der Waals surface area contributed by atoms with Crippen LogP contribution in [0.3, 0.4) is 0 Å². The van der Waals surface area contributed by atoms with Crippen molar-refractivity contribution in [3.05, 3.63) is 0 Å². The lowest BCUT2D eigenvalue weighted by molar-refractivity contribution is 0.134. The van der Waals surface area contributed by atoms with Crippen molar-refractivity contribution >= 4 is 0 Å². The number of hydrogen-bond donors (Lipinski definition) is 1. The first-order valence-electron chi connectivity index (χ1n) is 8.17. The minimum absolute atomic E-state index is 0.507. The Balaban J connectivity index is 1.83. The fraction of sp³-hybridized carbons (Fsp3) is 1.00. The predicted octanol–water partition coefficient (Wildman–Crippen LogP) is 3.28. The molecule has 0 bridgehead atoms. The maximum absolute atomic E-state index is 3.77. The van der Waals surface area contributed by atoms with E-state index >= 15 is 0 Å². The van der Waals surface area contributed by atoms with Crippen molar-refractivity contribution in [2.24, 2.45) is 11.3 Å². The van der Waals surface area contributed by atoms with Gasteiger partial charge < -0.3 is 10.2 Å². The first kappa shape index (κ1) is 14.3. The fourth-order valence-electron chi connectivity index (χ4n) is 2.87. The zero-order valence-corrected chi connectivity index (χ0v) is 12.7. The molecule has 2 saturated carbocycles. The highest BCUT2D eigenvalue weighted by Gasteiger charge is 2.33. The molecule has 0 aromatic heterocycles. The van der Waals surface area contributed by atoms with Crippen molar-refractivity contribution in [1.82, 2.24) is 10.2 Å². The molecule has 18 heavy (non-hydrogen) atoms.